The number of rotatable bonds is 10. The molecule has 54 heavy (non-hydrogen) atoms. The molecule has 0 fully saturated rings. The van der Waals surface area contributed by atoms with Gasteiger partial charge in [-0.15, -0.1) is 0 Å². The fourth-order valence-electron chi connectivity index (χ4n) is 5.85. The van der Waals surface area contributed by atoms with Crippen molar-refractivity contribution in [3.8, 4) is 56.3 Å². The smallest absolute Gasteiger partial charge is 0.130 e. The highest BCUT2D eigenvalue weighted by Crippen LogP contribution is 2.26. The molecule has 0 amide bonds. The van der Waals surface area contributed by atoms with Crippen molar-refractivity contribution >= 4 is 24.3 Å². The number of imidazole rings is 2. The van der Waals surface area contributed by atoms with E-state index in [2.05, 4.69) is 117 Å². The van der Waals surface area contributed by atoms with E-state index in [0.29, 0.717) is 0 Å². The van der Waals surface area contributed by atoms with Gasteiger partial charge in [-0.3, -0.25) is 0 Å². The second-order valence-electron chi connectivity index (χ2n) is 12.4. The number of H-pyrrole nitrogens is 2. The van der Waals surface area contributed by atoms with Gasteiger partial charge < -0.3 is 19.4 Å². The third-order valence-electron chi connectivity index (χ3n) is 8.87. The Hall–Kier alpha value is -7.18. The number of nitrogens with one attached hydrogen (secondary N) is 2. The molecule has 0 saturated heterocycles. The van der Waals surface area contributed by atoms with Crippen molar-refractivity contribution in [3.05, 3.63) is 193 Å². The van der Waals surface area contributed by atoms with E-state index in [1.54, 1.807) is 14.2 Å². The van der Waals surface area contributed by atoms with Crippen molar-refractivity contribution in [1.82, 2.24) is 19.9 Å². The van der Waals surface area contributed by atoms with Crippen molar-refractivity contribution < 1.29 is 9.47 Å². The van der Waals surface area contributed by atoms with Crippen LogP contribution in [0.4, 0.5) is 0 Å². The third kappa shape index (κ3) is 9.18. The van der Waals surface area contributed by atoms with Crippen molar-refractivity contribution in [2.24, 2.45) is 0 Å². The first kappa shape index (κ1) is 35.2. The molecule has 0 unspecified atom stereocenters. The molecule has 0 aliphatic rings. The molecule has 8 rings (SSSR count). The molecule has 0 saturated carbocycles. The fourth-order valence-corrected chi connectivity index (χ4v) is 5.85. The van der Waals surface area contributed by atoms with Gasteiger partial charge in [-0.2, -0.15) is 0 Å². The maximum Gasteiger partial charge on any atom is 0.130 e. The highest BCUT2D eigenvalue weighted by atomic mass is 16.5. The maximum atomic E-state index is 5.18. The molecule has 0 bridgehead atoms. The lowest BCUT2D eigenvalue weighted by atomic mass is 10.0. The number of hydrogen-bond donors (Lipinski definition) is 2. The van der Waals surface area contributed by atoms with Crippen LogP contribution in [0.15, 0.2) is 170 Å². The van der Waals surface area contributed by atoms with Crippen LogP contribution in [0, 0.1) is 0 Å². The van der Waals surface area contributed by atoms with Gasteiger partial charge in [0, 0.05) is 23.5 Å². The summed E-state index contributed by atoms with van der Waals surface area (Å²) in [4.78, 5) is 15.8. The molecule has 8 aromatic rings. The number of benzene rings is 6. The summed E-state index contributed by atoms with van der Waals surface area (Å²) in [6, 6.07) is 53.5. The van der Waals surface area contributed by atoms with Crippen LogP contribution in [0.25, 0.3) is 69.1 Å². The van der Waals surface area contributed by atoms with Crippen molar-refractivity contribution in [1.29, 1.82) is 0 Å². The molecule has 0 aliphatic heterocycles. The van der Waals surface area contributed by atoms with Crippen molar-refractivity contribution in [3.63, 3.8) is 0 Å². The molecule has 0 atom stereocenters. The van der Waals surface area contributed by atoms with Crippen LogP contribution >= 0.6 is 0 Å². The molecule has 6 aromatic carbocycles. The Bertz CT molecular complexity index is 2230. The van der Waals surface area contributed by atoms with E-state index in [4.69, 9.17) is 9.47 Å². The van der Waals surface area contributed by atoms with Crippen LogP contribution < -0.4 is 9.47 Å². The number of nitrogens with zero attached hydrogens (tertiary/aromatic N) is 2. The summed E-state index contributed by atoms with van der Waals surface area (Å²) in [5, 5.41) is 0. The molecule has 2 heterocycles. The summed E-state index contributed by atoms with van der Waals surface area (Å²) in [5.74, 6) is 3.36. The lowest BCUT2D eigenvalue weighted by Gasteiger charge is -2.02. The first-order valence-electron chi connectivity index (χ1n) is 17.7. The Labute approximate surface area is 316 Å². The Kier molecular flexibility index (Phi) is 11.3. The van der Waals surface area contributed by atoms with Crippen LogP contribution in [0.5, 0.6) is 11.5 Å². The average Bonchev–Trinajstić information content (AvgIpc) is 3.94. The van der Waals surface area contributed by atoms with E-state index in [9.17, 15) is 0 Å². The minimum absolute atomic E-state index is 0.827. The Morgan fingerprint density at radius 1 is 0.370 bits per heavy atom. The zero-order valence-corrected chi connectivity index (χ0v) is 30.2. The van der Waals surface area contributed by atoms with Crippen molar-refractivity contribution in [2.75, 3.05) is 14.2 Å². The summed E-state index contributed by atoms with van der Waals surface area (Å²) in [6.07, 6.45) is 11.9. The van der Waals surface area contributed by atoms with Gasteiger partial charge in [0.25, 0.3) is 0 Å². The highest BCUT2D eigenvalue weighted by molar-refractivity contribution is 5.73. The van der Waals surface area contributed by atoms with Gasteiger partial charge in [-0.1, -0.05) is 146 Å². The summed E-state index contributed by atoms with van der Waals surface area (Å²) in [5.41, 5.74) is 11.1. The first-order valence-corrected chi connectivity index (χ1v) is 17.7. The summed E-state index contributed by atoms with van der Waals surface area (Å²) in [7, 11) is 3.34. The fraction of sp³-hybridized carbons (Fsp3) is 0.0417. The normalized spacial score (nSPS) is 11.0. The number of methoxy groups -OCH3 is 2. The van der Waals surface area contributed by atoms with Crippen LogP contribution in [0.3, 0.4) is 0 Å². The molecular formula is C48H40N4O2. The van der Waals surface area contributed by atoms with Gasteiger partial charge in [-0.05, 0) is 69.8 Å². The number of hydrogen-bond acceptors (Lipinski definition) is 4. The Morgan fingerprint density at radius 3 is 1.06 bits per heavy atom. The Morgan fingerprint density at radius 2 is 0.704 bits per heavy atom. The topological polar surface area (TPSA) is 75.8 Å². The summed E-state index contributed by atoms with van der Waals surface area (Å²) < 4.78 is 10.4. The third-order valence-corrected chi connectivity index (χ3v) is 8.87. The quantitative estimate of drug-likeness (QED) is 0.149. The zero-order chi connectivity index (χ0) is 37.0. The minimum atomic E-state index is 0.827. The lowest BCUT2D eigenvalue weighted by Crippen LogP contribution is -1.82. The molecule has 6 nitrogen and oxygen atoms in total. The number of aromatic amines is 2. The van der Waals surface area contributed by atoms with Crippen LogP contribution in [-0.2, 0) is 0 Å². The molecule has 0 aliphatic carbocycles. The average molecular weight is 705 g/mol. The lowest BCUT2D eigenvalue weighted by molar-refractivity contribution is 0.414. The zero-order valence-electron chi connectivity index (χ0n) is 30.2. The van der Waals surface area contributed by atoms with Gasteiger partial charge >= 0.3 is 0 Å². The molecule has 2 aromatic heterocycles. The van der Waals surface area contributed by atoms with Gasteiger partial charge in [0.15, 0.2) is 0 Å². The van der Waals surface area contributed by atoms with Crippen LogP contribution in [0.2, 0.25) is 0 Å². The monoisotopic (exact) mass is 704 g/mol. The number of aromatic nitrogens is 4. The molecule has 6 heteroatoms. The van der Waals surface area contributed by atoms with Crippen molar-refractivity contribution in [2.45, 2.75) is 0 Å². The predicted molar refractivity (Wildman–Crippen MR) is 223 cm³/mol. The molecule has 264 valence electrons. The standard InChI is InChI=1S/2C24H20N2O/c2*1-27-22-14-7-18(8-15-22)9-16-24-25-17-23(26-24)21-12-10-20(11-13-21)19-5-3-2-4-6-19/h2*2-17H,1H3,(H,25,26). The van der Waals surface area contributed by atoms with E-state index in [-0.39, 0.29) is 0 Å². The number of ether oxygens (including phenoxy) is 2. The molecular weight excluding hydrogens is 665 g/mol. The molecule has 0 spiro atoms. The highest BCUT2D eigenvalue weighted by Gasteiger charge is 2.05. The maximum absolute atomic E-state index is 5.18. The first-order chi connectivity index (χ1) is 26.6. The Balaban J connectivity index is 0.000000167. The van der Waals surface area contributed by atoms with E-state index in [1.807, 2.05) is 97.4 Å². The van der Waals surface area contributed by atoms with Crippen LogP contribution in [-0.4, -0.2) is 34.2 Å². The predicted octanol–water partition coefficient (Wildman–Crippen LogP) is 11.8. The van der Waals surface area contributed by atoms with Gasteiger partial charge in [-0.25, -0.2) is 9.97 Å². The van der Waals surface area contributed by atoms with E-state index in [1.165, 1.54) is 22.3 Å². The second-order valence-corrected chi connectivity index (χ2v) is 12.4. The second kappa shape index (κ2) is 17.4. The summed E-state index contributed by atoms with van der Waals surface area (Å²) >= 11 is 0. The minimum Gasteiger partial charge on any atom is -0.497 e. The van der Waals surface area contributed by atoms with Gasteiger partial charge in [0.05, 0.1) is 25.6 Å². The van der Waals surface area contributed by atoms with Gasteiger partial charge in [0.2, 0.25) is 0 Å². The van der Waals surface area contributed by atoms with Gasteiger partial charge in [0.1, 0.15) is 23.1 Å². The van der Waals surface area contributed by atoms with E-state index < -0.39 is 0 Å². The molecule has 0 radical (unpaired) electrons. The van der Waals surface area contributed by atoms with E-state index in [0.717, 1.165) is 56.8 Å². The van der Waals surface area contributed by atoms with Crippen LogP contribution in [0.1, 0.15) is 22.8 Å². The van der Waals surface area contributed by atoms with E-state index >= 15 is 0 Å². The summed E-state index contributed by atoms with van der Waals surface area (Å²) in [6.45, 7) is 0. The SMILES string of the molecule is COc1ccc(C=Cc2nc(-c3ccc(-c4ccccc4)cc3)c[nH]2)cc1.COc1ccc(C=Cc2nc(-c3ccc(-c4ccccc4)cc3)c[nH]2)cc1. The molecule has 2 N–H and O–H groups in total. The largest absolute Gasteiger partial charge is 0.497 e.